The number of pyridine rings is 1. The standard InChI is InChI=1S/C11H15BrN2/c12-10(8-3-4-8)6-5-9-2-1-7-14-11(9)13/h1-2,7-8,10H,3-6H2,(H2,13,14). The van der Waals surface area contributed by atoms with Crippen molar-refractivity contribution in [2.75, 3.05) is 5.73 Å². The number of nitrogens with two attached hydrogens (primary N) is 1. The molecule has 0 amide bonds. The fourth-order valence-corrected chi connectivity index (χ4v) is 2.41. The van der Waals surface area contributed by atoms with Crippen molar-refractivity contribution >= 4 is 21.7 Å². The topological polar surface area (TPSA) is 38.9 Å². The van der Waals surface area contributed by atoms with E-state index in [4.69, 9.17) is 5.73 Å². The van der Waals surface area contributed by atoms with Crippen LogP contribution in [0.5, 0.6) is 0 Å². The van der Waals surface area contributed by atoms with Crippen LogP contribution < -0.4 is 5.73 Å². The zero-order valence-corrected chi connectivity index (χ0v) is 9.70. The Morgan fingerprint density at radius 2 is 2.36 bits per heavy atom. The van der Waals surface area contributed by atoms with Gasteiger partial charge in [-0.3, -0.25) is 0 Å². The molecule has 76 valence electrons. The lowest BCUT2D eigenvalue weighted by molar-refractivity contribution is 0.696. The van der Waals surface area contributed by atoms with Crippen LogP contribution in [0.1, 0.15) is 24.8 Å². The second-order valence-electron chi connectivity index (χ2n) is 3.94. The molecule has 14 heavy (non-hydrogen) atoms. The smallest absolute Gasteiger partial charge is 0.126 e. The molecule has 1 aromatic heterocycles. The fourth-order valence-electron chi connectivity index (χ4n) is 1.65. The van der Waals surface area contributed by atoms with E-state index in [-0.39, 0.29) is 0 Å². The van der Waals surface area contributed by atoms with Gasteiger partial charge in [0, 0.05) is 11.0 Å². The average Bonchev–Trinajstić information content (AvgIpc) is 2.99. The maximum atomic E-state index is 5.77. The fraction of sp³-hybridized carbons (Fsp3) is 0.545. The highest BCUT2D eigenvalue weighted by Gasteiger charge is 2.28. The van der Waals surface area contributed by atoms with Crippen LogP contribution in [-0.2, 0) is 6.42 Å². The first-order chi connectivity index (χ1) is 6.77. The minimum Gasteiger partial charge on any atom is -0.383 e. The molecule has 1 atom stereocenters. The molecule has 1 heterocycles. The van der Waals surface area contributed by atoms with Crippen molar-refractivity contribution in [3.63, 3.8) is 0 Å². The molecular weight excluding hydrogens is 240 g/mol. The van der Waals surface area contributed by atoms with Crippen molar-refractivity contribution in [3.8, 4) is 0 Å². The van der Waals surface area contributed by atoms with Crippen LogP contribution in [0.3, 0.4) is 0 Å². The van der Waals surface area contributed by atoms with Crippen LogP contribution in [0.2, 0.25) is 0 Å². The summed E-state index contributed by atoms with van der Waals surface area (Å²) in [6.45, 7) is 0. The summed E-state index contributed by atoms with van der Waals surface area (Å²) >= 11 is 3.73. The normalized spacial score (nSPS) is 18.1. The summed E-state index contributed by atoms with van der Waals surface area (Å²) < 4.78 is 0. The maximum Gasteiger partial charge on any atom is 0.126 e. The molecule has 0 saturated heterocycles. The van der Waals surface area contributed by atoms with Gasteiger partial charge in [-0.2, -0.15) is 0 Å². The van der Waals surface area contributed by atoms with E-state index in [2.05, 4.69) is 27.0 Å². The van der Waals surface area contributed by atoms with Gasteiger partial charge in [0.15, 0.2) is 0 Å². The minimum absolute atomic E-state index is 0.669. The van der Waals surface area contributed by atoms with Crippen molar-refractivity contribution in [2.24, 2.45) is 5.92 Å². The number of hydrogen-bond acceptors (Lipinski definition) is 2. The lowest BCUT2D eigenvalue weighted by atomic mass is 10.1. The highest BCUT2D eigenvalue weighted by Crippen LogP contribution is 2.38. The first-order valence-electron chi connectivity index (χ1n) is 5.11. The third kappa shape index (κ3) is 2.47. The van der Waals surface area contributed by atoms with E-state index in [0.29, 0.717) is 10.6 Å². The van der Waals surface area contributed by atoms with E-state index in [9.17, 15) is 0 Å². The Bertz CT molecular complexity index is 310. The predicted octanol–water partition coefficient (Wildman–Crippen LogP) is 2.77. The molecule has 0 radical (unpaired) electrons. The highest BCUT2D eigenvalue weighted by molar-refractivity contribution is 9.09. The Morgan fingerprint density at radius 1 is 1.57 bits per heavy atom. The van der Waals surface area contributed by atoms with Gasteiger partial charge in [0.1, 0.15) is 5.82 Å². The molecule has 0 spiro atoms. The molecule has 2 N–H and O–H groups in total. The lowest BCUT2D eigenvalue weighted by Gasteiger charge is -2.08. The Morgan fingerprint density at radius 3 is 3.00 bits per heavy atom. The predicted molar refractivity (Wildman–Crippen MR) is 62.4 cm³/mol. The van der Waals surface area contributed by atoms with E-state index >= 15 is 0 Å². The molecule has 0 aliphatic heterocycles. The molecule has 0 aromatic carbocycles. The highest BCUT2D eigenvalue weighted by atomic mass is 79.9. The van der Waals surface area contributed by atoms with Crippen molar-refractivity contribution < 1.29 is 0 Å². The van der Waals surface area contributed by atoms with Crippen LogP contribution in [0.25, 0.3) is 0 Å². The summed E-state index contributed by atoms with van der Waals surface area (Å²) in [6.07, 6.45) is 6.72. The summed E-state index contributed by atoms with van der Waals surface area (Å²) in [6, 6.07) is 4.01. The molecule has 3 heteroatoms. The van der Waals surface area contributed by atoms with E-state index < -0.39 is 0 Å². The first kappa shape index (κ1) is 9.97. The number of anilines is 1. The summed E-state index contributed by atoms with van der Waals surface area (Å²) in [7, 11) is 0. The number of aromatic nitrogens is 1. The number of hydrogen-bond donors (Lipinski definition) is 1. The maximum absolute atomic E-state index is 5.77. The zero-order chi connectivity index (χ0) is 9.97. The van der Waals surface area contributed by atoms with Crippen LogP contribution in [-0.4, -0.2) is 9.81 Å². The second kappa shape index (κ2) is 4.30. The van der Waals surface area contributed by atoms with Gasteiger partial charge in [0.05, 0.1) is 0 Å². The molecule has 1 aliphatic rings. The zero-order valence-electron chi connectivity index (χ0n) is 8.12. The van der Waals surface area contributed by atoms with Gasteiger partial charge in [-0.1, -0.05) is 22.0 Å². The van der Waals surface area contributed by atoms with Gasteiger partial charge in [0.2, 0.25) is 0 Å². The van der Waals surface area contributed by atoms with Crippen LogP contribution in [0, 0.1) is 5.92 Å². The number of alkyl halides is 1. The van der Waals surface area contributed by atoms with E-state index in [0.717, 1.165) is 12.3 Å². The number of nitrogen functional groups attached to an aromatic ring is 1. The molecule has 1 aromatic rings. The van der Waals surface area contributed by atoms with Crippen molar-refractivity contribution in [3.05, 3.63) is 23.9 Å². The Hall–Kier alpha value is -0.570. The van der Waals surface area contributed by atoms with E-state index in [1.807, 2.05) is 6.07 Å². The van der Waals surface area contributed by atoms with Crippen molar-refractivity contribution in [2.45, 2.75) is 30.5 Å². The second-order valence-corrected chi connectivity index (χ2v) is 5.12. The number of halogens is 1. The largest absolute Gasteiger partial charge is 0.383 e. The third-order valence-corrected chi connectivity index (χ3v) is 3.95. The van der Waals surface area contributed by atoms with Gasteiger partial charge in [-0.25, -0.2) is 4.98 Å². The Balaban J connectivity index is 1.87. The molecule has 1 saturated carbocycles. The summed E-state index contributed by atoms with van der Waals surface area (Å²) in [5.74, 6) is 1.59. The summed E-state index contributed by atoms with van der Waals surface area (Å²) in [5.41, 5.74) is 6.95. The minimum atomic E-state index is 0.669. The van der Waals surface area contributed by atoms with Gasteiger partial charge < -0.3 is 5.73 Å². The van der Waals surface area contributed by atoms with Crippen LogP contribution in [0.4, 0.5) is 5.82 Å². The van der Waals surface area contributed by atoms with E-state index in [1.54, 1.807) is 6.20 Å². The lowest BCUT2D eigenvalue weighted by Crippen LogP contribution is -2.04. The summed E-state index contributed by atoms with van der Waals surface area (Å²) in [4.78, 5) is 4.75. The molecule has 1 fully saturated rings. The quantitative estimate of drug-likeness (QED) is 0.840. The van der Waals surface area contributed by atoms with Gasteiger partial charge in [-0.05, 0) is 43.2 Å². The van der Waals surface area contributed by atoms with Crippen molar-refractivity contribution in [1.29, 1.82) is 0 Å². The Kier molecular flexibility index (Phi) is 3.06. The molecule has 2 nitrogen and oxygen atoms in total. The SMILES string of the molecule is Nc1ncccc1CCC(Br)C1CC1. The summed E-state index contributed by atoms with van der Waals surface area (Å²) in [5, 5.41) is 0. The molecular formula is C11H15BrN2. The molecule has 1 unspecified atom stereocenters. The number of nitrogens with zero attached hydrogens (tertiary/aromatic N) is 1. The van der Waals surface area contributed by atoms with Crippen LogP contribution in [0.15, 0.2) is 18.3 Å². The third-order valence-electron chi connectivity index (χ3n) is 2.75. The average molecular weight is 255 g/mol. The Labute approximate surface area is 93.0 Å². The van der Waals surface area contributed by atoms with E-state index in [1.165, 1.54) is 24.8 Å². The van der Waals surface area contributed by atoms with Crippen LogP contribution >= 0.6 is 15.9 Å². The number of aryl methyl sites for hydroxylation is 1. The van der Waals surface area contributed by atoms with Gasteiger partial charge in [0.25, 0.3) is 0 Å². The van der Waals surface area contributed by atoms with Crippen molar-refractivity contribution in [1.82, 2.24) is 4.98 Å². The van der Waals surface area contributed by atoms with Gasteiger partial charge in [-0.15, -0.1) is 0 Å². The molecule has 0 bridgehead atoms. The monoisotopic (exact) mass is 254 g/mol. The molecule has 1 aliphatic carbocycles. The molecule has 2 rings (SSSR count). The number of rotatable bonds is 4. The first-order valence-corrected chi connectivity index (χ1v) is 6.02. The van der Waals surface area contributed by atoms with Gasteiger partial charge >= 0.3 is 0 Å².